The third-order valence-corrected chi connectivity index (χ3v) is 2.80. The van der Waals surface area contributed by atoms with Crippen molar-refractivity contribution in [2.45, 2.75) is 6.92 Å². The van der Waals surface area contributed by atoms with Gasteiger partial charge in [-0.3, -0.25) is 0 Å². The molecule has 1 aromatic heterocycles. The molecule has 0 atom stereocenters. The van der Waals surface area contributed by atoms with E-state index in [-0.39, 0.29) is 0 Å². The Labute approximate surface area is 103 Å². The highest BCUT2D eigenvalue weighted by atomic mass is 35.5. The first-order valence-corrected chi connectivity index (χ1v) is 5.41. The highest BCUT2D eigenvalue weighted by Gasteiger charge is 2.07. The van der Waals surface area contributed by atoms with Crippen molar-refractivity contribution in [1.82, 2.24) is 4.98 Å². The first-order chi connectivity index (χ1) is 7.58. The standard InChI is InChI=1S/C12H8Cl2FN/c1-7-4-8(6-16-12(7)15)10-3-2-9(13)5-11(10)14/h2-6H,1H3. The zero-order valence-corrected chi connectivity index (χ0v) is 9.98. The molecule has 82 valence electrons. The predicted molar refractivity (Wildman–Crippen MR) is 64.4 cm³/mol. The van der Waals surface area contributed by atoms with E-state index < -0.39 is 5.95 Å². The number of hydrogen-bond acceptors (Lipinski definition) is 1. The Balaban J connectivity index is 2.54. The molecular formula is C12H8Cl2FN. The fourth-order valence-electron chi connectivity index (χ4n) is 1.43. The average Bonchev–Trinajstić information content (AvgIpc) is 2.22. The molecular weight excluding hydrogens is 248 g/mol. The Kier molecular flexibility index (Phi) is 3.13. The molecule has 0 aliphatic heterocycles. The van der Waals surface area contributed by atoms with Gasteiger partial charge in [0.15, 0.2) is 0 Å². The lowest BCUT2D eigenvalue weighted by atomic mass is 10.1. The normalized spacial score (nSPS) is 10.5. The summed E-state index contributed by atoms with van der Waals surface area (Å²) in [6.45, 7) is 1.66. The van der Waals surface area contributed by atoms with E-state index in [2.05, 4.69) is 4.98 Å². The molecule has 1 heterocycles. The van der Waals surface area contributed by atoms with Gasteiger partial charge in [-0.25, -0.2) is 4.98 Å². The summed E-state index contributed by atoms with van der Waals surface area (Å²) in [4.78, 5) is 3.66. The quantitative estimate of drug-likeness (QED) is 0.684. The first-order valence-electron chi connectivity index (χ1n) is 4.65. The molecule has 0 aliphatic carbocycles. The Hall–Kier alpha value is -1.12. The molecule has 16 heavy (non-hydrogen) atoms. The summed E-state index contributed by atoms with van der Waals surface area (Å²) in [5.74, 6) is -0.464. The molecule has 0 saturated carbocycles. The molecule has 0 fully saturated rings. The van der Waals surface area contributed by atoms with Gasteiger partial charge < -0.3 is 0 Å². The summed E-state index contributed by atoms with van der Waals surface area (Å²) >= 11 is 11.9. The van der Waals surface area contributed by atoms with Crippen molar-refractivity contribution in [2.75, 3.05) is 0 Å². The molecule has 2 aromatic rings. The molecule has 0 bridgehead atoms. The van der Waals surface area contributed by atoms with Crippen LogP contribution in [0.3, 0.4) is 0 Å². The van der Waals surface area contributed by atoms with E-state index in [0.717, 1.165) is 11.1 Å². The molecule has 2 rings (SSSR count). The maximum Gasteiger partial charge on any atom is 0.215 e. The monoisotopic (exact) mass is 255 g/mol. The second-order valence-corrected chi connectivity index (χ2v) is 4.30. The second-order valence-electron chi connectivity index (χ2n) is 3.46. The zero-order valence-electron chi connectivity index (χ0n) is 8.47. The van der Waals surface area contributed by atoms with Crippen LogP contribution in [0.5, 0.6) is 0 Å². The number of benzene rings is 1. The van der Waals surface area contributed by atoms with Crippen LogP contribution < -0.4 is 0 Å². The maximum atomic E-state index is 13.0. The van der Waals surface area contributed by atoms with E-state index in [1.807, 2.05) is 0 Å². The molecule has 1 aromatic carbocycles. The second kappa shape index (κ2) is 4.40. The van der Waals surface area contributed by atoms with Crippen molar-refractivity contribution in [1.29, 1.82) is 0 Å². The van der Waals surface area contributed by atoms with E-state index in [9.17, 15) is 4.39 Å². The van der Waals surface area contributed by atoms with Crippen LogP contribution in [-0.4, -0.2) is 4.98 Å². The minimum absolute atomic E-state index is 0.464. The van der Waals surface area contributed by atoms with Gasteiger partial charge in [0, 0.05) is 32.9 Å². The van der Waals surface area contributed by atoms with Crippen LogP contribution in [0.4, 0.5) is 4.39 Å². The first kappa shape index (κ1) is 11.4. The third kappa shape index (κ3) is 2.18. The van der Waals surface area contributed by atoms with Gasteiger partial charge in [-0.2, -0.15) is 4.39 Å². The Morgan fingerprint density at radius 2 is 1.94 bits per heavy atom. The molecule has 0 saturated heterocycles. The molecule has 0 amide bonds. The van der Waals surface area contributed by atoms with E-state index in [1.165, 1.54) is 6.20 Å². The molecule has 1 nitrogen and oxygen atoms in total. The Bertz CT molecular complexity index is 541. The van der Waals surface area contributed by atoms with Crippen molar-refractivity contribution in [3.63, 3.8) is 0 Å². The summed E-state index contributed by atoms with van der Waals surface area (Å²) in [6.07, 6.45) is 1.46. The zero-order chi connectivity index (χ0) is 11.7. The van der Waals surface area contributed by atoms with Crippen molar-refractivity contribution >= 4 is 23.2 Å². The number of pyridine rings is 1. The number of halogens is 3. The molecule has 0 N–H and O–H groups in total. The number of aryl methyl sites for hydroxylation is 1. The van der Waals surface area contributed by atoms with Crippen LogP contribution >= 0.6 is 23.2 Å². The average molecular weight is 256 g/mol. The number of hydrogen-bond donors (Lipinski definition) is 0. The van der Waals surface area contributed by atoms with Gasteiger partial charge in [-0.15, -0.1) is 0 Å². The van der Waals surface area contributed by atoms with Crippen molar-refractivity contribution in [3.05, 3.63) is 52.0 Å². The fourth-order valence-corrected chi connectivity index (χ4v) is 1.95. The smallest absolute Gasteiger partial charge is 0.215 e. The van der Waals surface area contributed by atoms with Crippen LogP contribution in [-0.2, 0) is 0 Å². The lowest BCUT2D eigenvalue weighted by Gasteiger charge is -2.05. The fraction of sp³-hybridized carbons (Fsp3) is 0.0833. The third-order valence-electron chi connectivity index (χ3n) is 2.26. The van der Waals surface area contributed by atoms with Gasteiger partial charge in [-0.1, -0.05) is 29.3 Å². The van der Waals surface area contributed by atoms with Gasteiger partial charge in [0.25, 0.3) is 0 Å². The molecule has 0 radical (unpaired) electrons. The predicted octanol–water partition coefficient (Wildman–Crippen LogP) is 4.50. The van der Waals surface area contributed by atoms with Crippen LogP contribution in [0.25, 0.3) is 11.1 Å². The maximum absolute atomic E-state index is 13.0. The topological polar surface area (TPSA) is 12.9 Å². The molecule has 4 heteroatoms. The summed E-state index contributed by atoms with van der Waals surface area (Å²) in [5.41, 5.74) is 2.06. The number of rotatable bonds is 1. The van der Waals surface area contributed by atoms with Crippen molar-refractivity contribution in [3.8, 4) is 11.1 Å². The Morgan fingerprint density at radius 1 is 1.19 bits per heavy atom. The van der Waals surface area contributed by atoms with Gasteiger partial charge in [-0.05, 0) is 25.1 Å². The highest BCUT2D eigenvalue weighted by Crippen LogP contribution is 2.30. The number of aromatic nitrogens is 1. The van der Waals surface area contributed by atoms with Crippen LogP contribution in [0.2, 0.25) is 10.0 Å². The van der Waals surface area contributed by atoms with Crippen molar-refractivity contribution < 1.29 is 4.39 Å². The van der Waals surface area contributed by atoms with Gasteiger partial charge in [0.2, 0.25) is 5.95 Å². The summed E-state index contributed by atoms with van der Waals surface area (Å²) in [7, 11) is 0. The lowest BCUT2D eigenvalue weighted by Crippen LogP contribution is -1.89. The molecule has 0 spiro atoms. The van der Waals surface area contributed by atoms with Gasteiger partial charge in [0.1, 0.15) is 0 Å². The van der Waals surface area contributed by atoms with Crippen LogP contribution in [0.1, 0.15) is 5.56 Å². The Morgan fingerprint density at radius 3 is 2.56 bits per heavy atom. The van der Waals surface area contributed by atoms with Gasteiger partial charge >= 0.3 is 0 Å². The minimum Gasteiger partial charge on any atom is -0.227 e. The van der Waals surface area contributed by atoms with Crippen LogP contribution in [0, 0.1) is 12.9 Å². The largest absolute Gasteiger partial charge is 0.227 e. The molecule has 0 aliphatic rings. The minimum atomic E-state index is -0.464. The molecule has 0 unspecified atom stereocenters. The van der Waals surface area contributed by atoms with E-state index in [4.69, 9.17) is 23.2 Å². The van der Waals surface area contributed by atoms with E-state index in [0.29, 0.717) is 15.6 Å². The highest BCUT2D eigenvalue weighted by molar-refractivity contribution is 6.36. The van der Waals surface area contributed by atoms with Crippen molar-refractivity contribution in [2.24, 2.45) is 0 Å². The summed E-state index contributed by atoms with van der Waals surface area (Å²) in [6, 6.07) is 6.88. The van der Waals surface area contributed by atoms with E-state index >= 15 is 0 Å². The van der Waals surface area contributed by atoms with E-state index in [1.54, 1.807) is 31.2 Å². The van der Waals surface area contributed by atoms with Gasteiger partial charge in [0.05, 0.1) is 0 Å². The summed E-state index contributed by atoms with van der Waals surface area (Å²) in [5, 5.41) is 1.10. The summed E-state index contributed by atoms with van der Waals surface area (Å²) < 4.78 is 13.0. The van der Waals surface area contributed by atoms with Crippen LogP contribution in [0.15, 0.2) is 30.5 Å². The lowest BCUT2D eigenvalue weighted by molar-refractivity contribution is 0.575. The SMILES string of the molecule is Cc1cc(-c2ccc(Cl)cc2Cl)cnc1F. The number of nitrogens with zero attached hydrogens (tertiary/aromatic N) is 1.